The van der Waals surface area contributed by atoms with Gasteiger partial charge in [0.05, 0.1) is 29.4 Å². The van der Waals surface area contributed by atoms with Gasteiger partial charge in [-0.2, -0.15) is 0 Å². The standard InChI is InChI=1S/C31H31BrN2O3S/c1-5-31(2,3)19-13-14-22-26(16-19)38-29(27(22)30(36)37-4)34-28(35)23-17-25(18-9-8-10-20(32)15-18)33-24-12-7-6-11-21(23)24/h6-12,15,17,19H,5,13-14,16H2,1-4H3,(H,34,35)/t19-/m1/s1. The minimum atomic E-state index is -0.402. The number of amides is 1. The van der Waals surface area contributed by atoms with Crippen LogP contribution >= 0.6 is 27.3 Å². The van der Waals surface area contributed by atoms with Crippen LogP contribution in [0, 0.1) is 11.3 Å². The van der Waals surface area contributed by atoms with Crippen molar-refractivity contribution in [1.29, 1.82) is 0 Å². The number of anilines is 1. The summed E-state index contributed by atoms with van der Waals surface area (Å²) in [6, 6.07) is 17.3. The Morgan fingerprint density at radius 3 is 2.68 bits per heavy atom. The van der Waals surface area contributed by atoms with Crippen LogP contribution in [0.5, 0.6) is 0 Å². The predicted molar refractivity (Wildman–Crippen MR) is 158 cm³/mol. The number of methoxy groups -OCH3 is 1. The second-order valence-corrected chi connectivity index (χ2v) is 12.5. The lowest BCUT2D eigenvalue weighted by molar-refractivity contribution is 0.0600. The highest BCUT2D eigenvalue weighted by atomic mass is 79.9. The molecule has 0 unspecified atom stereocenters. The van der Waals surface area contributed by atoms with Crippen molar-refractivity contribution in [3.63, 3.8) is 0 Å². The first kappa shape index (κ1) is 26.6. The van der Waals surface area contributed by atoms with Gasteiger partial charge in [-0.15, -0.1) is 11.3 Å². The molecule has 0 saturated carbocycles. The Morgan fingerprint density at radius 2 is 1.95 bits per heavy atom. The summed E-state index contributed by atoms with van der Waals surface area (Å²) in [7, 11) is 1.39. The number of pyridine rings is 1. The predicted octanol–water partition coefficient (Wildman–Crippen LogP) is 8.31. The van der Waals surface area contributed by atoms with Gasteiger partial charge < -0.3 is 10.1 Å². The summed E-state index contributed by atoms with van der Waals surface area (Å²) in [5, 5.41) is 4.41. The van der Waals surface area contributed by atoms with E-state index < -0.39 is 5.97 Å². The van der Waals surface area contributed by atoms with E-state index in [2.05, 4.69) is 42.0 Å². The number of benzene rings is 2. The van der Waals surface area contributed by atoms with Crippen LogP contribution in [-0.2, 0) is 17.6 Å². The molecule has 5 rings (SSSR count). The van der Waals surface area contributed by atoms with Crippen molar-refractivity contribution in [2.24, 2.45) is 11.3 Å². The third-order valence-corrected chi connectivity index (χ3v) is 9.64. The van der Waals surface area contributed by atoms with Crippen LogP contribution in [0.15, 0.2) is 59.1 Å². The van der Waals surface area contributed by atoms with E-state index in [-0.39, 0.29) is 11.3 Å². The van der Waals surface area contributed by atoms with Gasteiger partial charge in [-0.25, -0.2) is 9.78 Å². The molecule has 1 aliphatic carbocycles. The molecule has 196 valence electrons. The smallest absolute Gasteiger partial charge is 0.341 e. The van der Waals surface area contributed by atoms with Gasteiger partial charge in [0.2, 0.25) is 0 Å². The van der Waals surface area contributed by atoms with E-state index in [0.29, 0.717) is 27.7 Å². The molecule has 0 spiro atoms. The SMILES string of the molecule is CCC(C)(C)[C@@H]1CCc2c(sc(NC(=O)c3cc(-c4cccc(Br)c4)nc4ccccc34)c2C(=O)OC)C1. The van der Waals surface area contributed by atoms with Crippen molar-refractivity contribution in [1.82, 2.24) is 4.98 Å². The van der Waals surface area contributed by atoms with Crippen LogP contribution in [0.1, 0.15) is 64.8 Å². The minimum absolute atomic E-state index is 0.218. The zero-order valence-electron chi connectivity index (χ0n) is 22.1. The topological polar surface area (TPSA) is 68.3 Å². The number of rotatable bonds is 6. The van der Waals surface area contributed by atoms with E-state index in [4.69, 9.17) is 9.72 Å². The monoisotopic (exact) mass is 590 g/mol. The lowest BCUT2D eigenvalue weighted by Crippen LogP contribution is -2.28. The van der Waals surface area contributed by atoms with Crippen molar-refractivity contribution >= 4 is 55.0 Å². The molecule has 5 nitrogen and oxygen atoms in total. The van der Waals surface area contributed by atoms with E-state index in [1.54, 1.807) is 0 Å². The quantitative estimate of drug-likeness (QED) is 0.229. The molecular formula is C31H31BrN2O3S. The van der Waals surface area contributed by atoms with Crippen molar-refractivity contribution in [2.75, 3.05) is 12.4 Å². The van der Waals surface area contributed by atoms with Gasteiger partial charge >= 0.3 is 5.97 Å². The average Bonchev–Trinajstić information content (AvgIpc) is 3.28. The van der Waals surface area contributed by atoms with Crippen LogP contribution in [0.3, 0.4) is 0 Å². The van der Waals surface area contributed by atoms with E-state index in [0.717, 1.165) is 52.2 Å². The molecule has 1 amide bonds. The van der Waals surface area contributed by atoms with E-state index >= 15 is 0 Å². The van der Waals surface area contributed by atoms with Crippen molar-refractivity contribution in [2.45, 2.75) is 46.5 Å². The molecule has 2 aromatic heterocycles. The zero-order valence-corrected chi connectivity index (χ0v) is 24.5. The lowest BCUT2D eigenvalue weighted by Gasteiger charge is -2.36. The first-order valence-electron chi connectivity index (χ1n) is 12.9. The average molecular weight is 592 g/mol. The van der Waals surface area contributed by atoms with Crippen molar-refractivity contribution < 1.29 is 14.3 Å². The van der Waals surface area contributed by atoms with E-state index in [1.165, 1.54) is 23.3 Å². The number of carbonyl (C=O) groups is 2. The largest absolute Gasteiger partial charge is 0.465 e. The molecule has 0 fully saturated rings. The van der Waals surface area contributed by atoms with Gasteiger partial charge in [0.1, 0.15) is 5.00 Å². The van der Waals surface area contributed by atoms with Crippen molar-refractivity contribution in [3.8, 4) is 11.3 Å². The maximum absolute atomic E-state index is 13.8. The molecule has 0 aliphatic heterocycles. The number of nitrogens with zero attached hydrogens (tertiary/aromatic N) is 1. The van der Waals surface area contributed by atoms with Gasteiger partial charge in [0.15, 0.2) is 0 Å². The first-order valence-corrected chi connectivity index (χ1v) is 14.5. The molecule has 1 atom stereocenters. The highest BCUT2D eigenvalue weighted by Crippen LogP contribution is 2.46. The maximum Gasteiger partial charge on any atom is 0.341 e. The molecule has 0 bridgehead atoms. The fourth-order valence-corrected chi connectivity index (χ4v) is 6.99. The first-order chi connectivity index (χ1) is 18.2. The van der Waals surface area contributed by atoms with Gasteiger partial charge in [-0.05, 0) is 60.4 Å². The molecule has 1 aliphatic rings. The Morgan fingerprint density at radius 1 is 1.16 bits per heavy atom. The summed E-state index contributed by atoms with van der Waals surface area (Å²) in [5.41, 5.74) is 4.60. The number of aromatic nitrogens is 1. The number of nitrogens with one attached hydrogen (secondary N) is 1. The fourth-order valence-electron chi connectivity index (χ4n) is 5.28. The molecule has 4 aromatic rings. The number of halogens is 1. The number of esters is 1. The summed E-state index contributed by atoms with van der Waals surface area (Å²) < 4.78 is 6.10. The molecule has 0 saturated heterocycles. The third-order valence-electron chi connectivity index (χ3n) is 7.98. The molecule has 7 heteroatoms. The highest BCUT2D eigenvalue weighted by molar-refractivity contribution is 9.10. The molecule has 0 radical (unpaired) electrons. The Labute approximate surface area is 235 Å². The van der Waals surface area contributed by atoms with E-state index in [1.807, 2.05) is 54.6 Å². The molecular weight excluding hydrogens is 560 g/mol. The number of para-hydroxylation sites is 1. The lowest BCUT2D eigenvalue weighted by atomic mass is 9.69. The highest BCUT2D eigenvalue weighted by Gasteiger charge is 2.35. The number of carbonyl (C=O) groups excluding carboxylic acids is 2. The second-order valence-electron chi connectivity index (χ2n) is 10.5. The Hall–Kier alpha value is -3.03. The molecule has 38 heavy (non-hydrogen) atoms. The Balaban J connectivity index is 1.55. The number of fused-ring (bicyclic) bond motifs is 2. The Bertz CT molecular complexity index is 1540. The zero-order chi connectivity index (χ0) is 27.0. The normalized spacial score (nSPS) is 15.2. The van der Waals surface area contributed by atoms with Gasteiger partial charge in [0.25, 0.3) is 5.91 Å². The van der Waals surface area contributed by atoms with Crippen LogP contribution in [-0.4, -0.2) is 24.0 Å². The summed E-state index contributed by atoms with van der Waals surface area (Å²) in [5.74, 6) is -0.140. The summed E-state index contributed by atoms with van der Waals surface area (Å²) >= 11 is 5.04. The number of hydrogen-bond acceptors (Lipinski definition) is 5. The summed E-state index contributed by atoms with van der Waals surface area (Å²) in [6.45, 7) is 6.87. The van der Waals surface area contributed by atoms with Crippen LogP contribution < -0.4 is 5.32 Å². The third kappa shape index (κ3) is 5.02. The van der Waals surface area contributed by atoms with Gasteiger partial charge in [-0.3, -0.25) is 4.79 Å². The molecule has 2 aromatic carbocycles. The van der Waals surface area contributed by atoms with Crippen LogP contribution in [0.25, 0.3) is 22.2 Å². The molecule has 2 heterocycles. The van der Waals surface area contributed by atoms with Gasteiger partial charge in [0, 0.05) is 20.3 Å². The Kier molecular flexibility index (Phi) is 7.43. The van der Waals surface area contributed by atoms with Crippen molar-refractivity contribution in [3.05, 3.63) is 80.6 Å². The maximum atomic E-state index is 13.8. The second kappa shape index (κ2) is 10.6. The number of thiophene rings is 1. The summed E-state index contributed by atoms with van der Waals surface area (Å²) in [4.78, 5) is 32.7. The number of ether oxygens (including phenoxy) is 1. The van der Waals surface area contributed by atoms with E-state index in [9.17, 15) is 9.59 Å². The van der Waals surface area contributed by atoms with Gasteiger partial charge in [-0.1, -0.05) is 73.5 Å². The molecule has 1 N–H and O–H groups in total. The minimum Gasteiger partial charge on any atom is -0.465 e. The number of hydrogen-bond donors (Lipinski definition) is 1. The van der Waals surface area contributed by atoms with Crippen LogP contribution in [0.2, 0.25) is 0 Å². The fraction of sp³-hybridized carbons (Fsp3) is 0.323. The summed E-state index contributed by atoms with van der Waals surface area (Å²) in [6.07, 6.45) is 3.84. The van der Waals surface area contributed by atoms with Crippen LogP contribution in [0.4, 0.5) is 5.00 Å².